The van der Waals surface area contributed by atoms with Crippen LogP contribution in [0.2, 0.25) is 0 Å². The fraction of sp³-hybridized carbons (Fsp3) is 0.167. The van der Waals surface area contributed by atoms with Gasteiger partial charge in [-0.2, -0.15) is 0 Å². The maximum absolute atomic E-state index is 12.9. The van der Waals surface area contributed by atoms with Crippen molar-refractivity contribution in [3.63, 3.8) is 0 Å². The number of nitrogens with zero attached hydrogens (tertiary/aromatic N) is 3. The van der Waals surface area contributed by atoms with Gasteiger partial charge in [-0.15, -0.1) is 10.2 Å². The van der Waals surface area contributed by atoms with Crippen molar-refractivity contribution >= 4 is 23.4 Å². The lowest BCUT2D eigenvalue weighted by molar-refractivity contribution is -0.113. The molecule has 0 spiro atoms. The molecule has 0 atom stereocenters. The highest BCUT2D eigenvalue weighted by atomic mass is 32.2. The molecule has 2 aromatic carbocycles. The van der Waals surface area contributed by atoms with Gasteiger partial charge in [0.25, 0.3) is 0 Å². The fourth-order valence-electron chi connectivity index (χ4n) is 2.12. The largest absolute Gasteiger partial charge is 0.486 e. The highest BCUT2D eigenvalue weighted by Crippen LogP contribution is 2.18. The standard InChI is InChI=1S/C18H17FN4O2S/c1-23-16(11-25-15-9-7-13(19)8-10-15)21-22-18(23)26-12-17(24)20-14-5-3-2-4-6-14/h2-10H,11-12H2,1H3,(H,20,24). The number of halogens is 1. The number of rotatable bonds is 7. The number of para-hydroxylation sites is 1. The fourth-order valence-corrected chi connectivity index (χ4v) is 2.85. The zero-order valence-corrected chi connectivity index (χ0v) is 14.9. The van der Waals surface area contributed by atoms with Crippen molar-refractivity contribution in [1.29, 1.82) is 0 Å². The number of nitrogens with one attached hydrogen (secondary N) is 1. The molecule has 1 amide bonds. The molecule has 8 heteroatoms. The zero-order valence-electron chi connectivity index (χ0n) is 14.1. The van der Waals surface area contributed by atoms with Crippen LogP contribution < -0.4 is 10.1 Å². The molecule has 0 saturated heterocycles. The van der Waals surface area contributed by atoms with Gasteiger partial charge in [0.1, 0.15) is 18.2 Å². The van der Waals surface area contributed by atoms with Crippen LogP contribution in [0.25, 0.3) is 0 Å². The molecular formula is C18H17FN4O2S. The molecule has 0 saturated carbocycles. The number of amides is 1. The van der Waals surface area contributed by atoms with Crippen molar-refractivity contribution in [2.75, 3.05) is 11.1 Å². The molecule has 1 aromatic heterocycles. The summed E-state index contributed by atoms with van der Waals surface area (Å²) in [5, 5.41) is 11.6. The van der Waals surface area contributed by atoms with Gasteiger partial charge < -0.3 is 14.6 Å². The van der Waals surface area contributed by atoms with Crippen LogP contribution in [0, 0.1) is 5.82 Å². The van der Waals surface area contributed by atoms with E-state index in [9.17, 15) is 9.18 Å². The van der Waals surface area contributed by atoms with E-state index in [1.165, 1.54) is 23.9 Å². The molecule has 0 aliphatic carbocycles. The highest BCUT2D eigenvalue weighted by molar-refractivity contribution is 7.99. The van der Waals surface area contributed by atoms with E-state index in [0.717, 1.165) is 5.69 Å². The third-order valence-electron chi connectivity index (χ3n) is 3.50. The Hall–Kier alpha value is -2.87. The van der Waals surface area contributed by atoms with E-state index in [0.29, 0.717) is 16.7 Å². The summed E-state index contributed by atoms with van der Waals surface area (Å²) < 4.78 is 20.2. The second kappa shape index (κ2) is 8.48. The van der Waals surface area contributed by atoms with E-state index in [1.807, 2.05) is 30.3 Å². The van der Waals surface area contributed by atoms with Gasteiger partial charge in [0.2, 0.25) is 5.91 Å². The number of ether oxygens (including phenoxy) is 1. The molecule has 0 aliphatic heterocycles. The SMILES string of the molecule is Cn1c(COc2ccc(F)cc2)nnc1SCC(=O)Nc1ccccc1. The molecular weight excluding hydrogens is 355 g/mol. The number of carbonyl (C=O) groups is 1. The molecule has 0 fully saturated rings. The number of carbonyl (C=O) groups excluding carboxylic acids is 1. The van der Waals surface area contributed by atoms with Crippen LogP contribution >= 0.6 is 11.8 Å². The van der Waals surface area contributed by atoms with Crippen LogP contribution in [0.5, 0.6) is 5.75 Å². The molecule has 3 rings (SSSR count). The summed E-state index contributed by atoms with van der Waals surface area (Å²) in [5.41, 5.74) is 0.754. The molecule has 26 heavy (non-hydrogen) atoms. The van der Waals surface area contributed by atoms with Crippen LogP contribution in [-0.2, 0) is 18.4 Å². The van der Waals surface area contributed by atoms with Gasteiger partial charge in [0, 0.05) is 12.7 Å². The third-order valence-corrected chi connectivity index (χ3v) is 4.52. The molecule has 0 unspecified atom stereocenters. The zero-order chi connectivity index (χ0) is 18.4. The quantitative estimate of drug-likeness (QED) is 0.645. The summed E-state index contributed by atoms with van der Waals surface area (Å²) in [6.45, 7) is 0.200. The number of hydrogen-bond acceptors (Lipinski definition) is 5. The monoisotopic (exact) mass is 372 g/mol. The predicted octanol–water partition coefficient (Wildman–Crippen LogP) is 3.26. The van der Waals surface area contributed by atoms with Gasteiger partial charge >= 0.3 is 0 Å². The van der Waals surface area contributed by atoms with Crippen LogP contribution in [-0.4, -0.2) is 26.4 Å². The van der Waals surface area contributed by atoms with E-state index in [2.05, 4.69) is 15.5 Å². The minimum atomic E-state index is -0.316. The Balaban J connectivity index is 1.51. The van der Waals surface area contributed by atoms with Gasteiger partial charge in [0.15, 0.2) is 11.0 Å². The Morgan fingerprint density at radius 2 is 1.88 bits per heavy atom. The molecule has 1 heterocycles. The second-order valence-electron chi connectivity index (χ2n) is 5.40. The van der Waals surface area contributed by atoms with Crippen molar-refractivity contribution < 1.29 is 13.9 Å². The Morgan fingerprint density at radius 3 is 2.62 bits per heavy atom. The van der Waals surface area contributed by atoms with Gasteiger partial charge in [0.05, 0.1) is 5.75 Å². The lowest BCUT2D eigenvalue weighted by atomic mass is 10.3. The molecule has 1 N–H and O–H groups in total. The third kappa shape index (κ3) is 4.82. The van der Waals surface area contributed by atoms with Crippen molar-refractivity contribution in [3.8, 4) is 5.75 Å². The molecule has 6 nitrogen and oxygen atoms in total. The Bertz CT molecular complexity index is 869. The smallest absolute Gasteiger partial charge is 0.234 e. The first kappa shape index (κ1) is 17.9. The van der Waals surface area contributed by atoms with E-state index in [4.69, 9.17) is 4.74 Å². The van der Waals surface area contributed by atoms with Gasteiger partial charge in [-0.05, 0) is 36.4 Å². The topological polar surface area (TPSA) is 69.0 Å². The molecule has 0 aliphatic rings. The lowest BCUT2D eigenvalue weighted by Crippen LogP contribution is -2.14. The van der Waals surface area contributed by atoms with Crippen molar-refractivity contribution in [3.05, 3.63) is 66.2 Å². The Morgan fingerprint density at radius 1 is 1.15 bits per heavy atom. The number of hydrogen-bond donors (Lipinski definition) is 1. The molecule has 134 valence electrons. The minimum Gasteiger partial charge on any atom is -0.486 e. The highest BCUT2D eigenvalue weighted by Gasteiger charge is 2.12. The number of thioether (sulfide) groups is 1. The number of aromatic nitrogens is 3. The summed E-state index contributed by atoms with van der Waals surface area (Å²) in [6.07, 6.45) is 0. The Kier molecular flexibility index (Phi) is 5.85. The van der Waals surface area contributed by atoms with Crippen LogP contribution in [0.15, 0.2) is 59.8 Å². The normalized spacial score (nSPS) is 10.5. The van der Waals surface area contributed by atoms with Crippen LogP contribution in [0.1, 0.15) is 5.82 Å². The summed E-state index contributed by atoms with van der Waals surface area (Å²) >= 11 is 1.29. The first-order valence-electron chi connectivity index (χ1n) is 7.86. The Labute approximate surface area is 154 Å². The molecule has 0 radical (unpaired) electrons. The van der Waals surface area contributed by atoms with Crippen molar-refractivity contribution in [2.24, 2.45) is 7.05 Å². The molecule has 0 bridgehead atoms. The second-order valence-corrected chi connectivity index (χ2v) is 6.35. The molecule has 3 aromatic rings. The average molecular weight is 372 g/mol. The summed E-state index contributed by atoms with van der Waals surface area (Å²) in [4.78, 5) is 12.0. The predicted molar refractivity (Wildman–Crippen MR) is 97.5 cm³/mol. The van der Waals surface area contributed by atoms with E-state index < -0.39 is 0 Å². The van der Waals surface area contributed by atoms with Gasteiger partial charge in [-0.1, -0.05) is 30.0 Å². The van der Waals surface area contributed by atoms with E-state index in [-0.39, 0.29) is 24.1 Å². The number of anilines is 1. The summed E-state index contributed by atoms with van der Waals surface area (Å²) in [6, 6.07) is 15.0. The minimum absolute atomic E-state index is 0.117. The van der Waals surface area contributed by atoms with Crippen LogP contribution in [0.3, 0.4) is 0 Å². The van der Waals surface area contributed by atoms with Gasteiger partial charge in [-0.3, -0.25) is 4.79 Å². The van der Waals surface area contributed by atoms with Gasteiger partial charge in [-0.25, -0.2) is 4.39 Å². The number of benzene rings is 2. The van der Waals surface area contributed by atoms with Crippen molar-refractivity contribution in [1.82, 2.24) is 14.8 Å². The lowest BCUT2D eigenvalue weighted by Gasteiger charge is -2.07. The maximum atomic E-state index is 12.9. The van der Waals surface area contributed by atoms with E-state index >= 15 is 0 Å². The van der Waals surface area contributed by atoms with Crippen LogP contribution in [0.4, 0.5) is 10.1 Å². The summed E-state index contributed by atoms with van der Waals surface area (Å²) in [7, 11) is 1.81. The van der Waals surface area contributed by atoms with Crippen molar-refractivity contribution in [2.45, 2.75) is 11.8 Å². The maximum Gasteiger partial charge on any atom is 0.234 e. The average Bonchev–Trinajstić information content (AvgIpc) is 3.00. The van der Waals surface area contributed by atoms with E-state index in [1.54, 1.807) is 23.7 Å². The summed E-state index contributed by atoms with van der Waals surface area (Å²) in [5.74, 6) is 0.947. The first-order chi connectivity index (χ1) is 12.6. The first-order valence-corrected chi connectivity index (χ1v) is 8.85.